The van der Waals surface area contributed by atoms with Gasteiger partial charge in [-0.15, -0.1) is 0 Å². The summed E-state index contributed by atoms with van der Waals surface area (Å²) in [5, 5.41) is 0. The molecule has 0 saturated carbocycles. The van der Waals surface area contributed by atoms with Crippen LogP contribution < -0.4 is 5.73 Å². The third-order valence-electron chi connectivity index (χ3n) is 5.26. The Morgan fingerprint density at radius 1 is 0.848 bits per heavy atom. The normalized spacial score (nSPS) is 12.5. The number of hydrogen-bond donors (Lipinski definition) is 1. The van der Waals surface area contributed by atoms with E-state index in [-0.39, 0.29) is 6.61 Å². The molecule has 0 heterocycles. The van der Waals surface area contributed by atoms with Crippen molar-refractivity contribution in [3.8, 4) is 0 Å². The van der Waals surface area contributed by atoms with Crippen molar-refractivity contribution in [2.45, 2.75) is 32.9 Å². The maximum absolute atomic E-state index is 12.7. The Labute approximate surface area is 193 Å². The van der Waals surface area contributed by atoms with E-state index < -0.39 is 29.9 Å². The number of benzene rings is 3. The fraction of sp³-hybridized carbons (Fsp3) is 0.222. The SMILES string of the molecule is Cc1cc(C)c(C(=O)C(=O)OCC(N)C(OC(=O)c2ccccc2)c2ccccc2)c(C)c1. The van der Waals surface area contributed by atoms with Crippen LogP contribution >= 0.6 is 0 Å². The number of carbonyl (C=O) groups excluding carboxylic acids is 3. The quantitative estimate of drug-likeness (QED) is 0.316. The first kappa shape index (κ1) is 23.9. The predicted octanol–water partition coefficient (Wildman–Crippen LogP) is 4.26. The van der Waals surface area contributed by atoms with Gasteiger partial charge < -0.3 is 15.2 Å². The Balaban J connectivity index is 1.73. The number of carbonyl (C=O) groups is 3. The molecular formula is C27H27NO5. The Kier molecular flexibility index (Phi) is 7.74. The largest absolute Gasteiger partial charge is 0.458 e. The summed E-state index contributed by atoms with van der Waals surface area (Å²) in [7, 11) is 0. The first-order valence-electron chi connectivity index (χ1n) is 10.6. The van der Waals surface area contributed by atoms with Crippen molar-refractivity contribution in [3.63, 3.8) is 0 Å². The van der Waals surface area contributed by atoms with Crippen molar-refractivity contribution in [1.82, 2.24) is 0 Å². The van der Waals surface area contributed by atoms with Crippen LogP contribution in [0.5, 0.6) is 0 Å². The highest BCUT2D eigenvalue weighted by molar-refractivity contribution is 6.41. The lowest BCUT2D eigenvalue weighted by Crippen LogP contribution is -2.37. The van der Waals surface area contributed by atoms with Crippen LogP contribution in [0.4, 0.5) is 0 Å². The maximum Gasteiger partial charge on any atom is 0.379 e. The molecule has 0 aliphatic heterocycles. The number of ketones is 1. The van der Waals surface area contributed by atoms with E-state index in [1.807, 2.05) is 25.1 Å². The number of nitrogens with two attached hydrogens (primary N) is 1. The predicted molar refractivity (Wildman–Crippen MR) is 125 cm³/mol. The van der Waals surface area contributed by atoms with Crippen LogP contribution in [0.1, 0.15) is 49.1 Å². The molecule has 6 heteroatoms. The minimum Gasteiger partial charge on any atom is -0.458 e. The summed E-state index contributed by atoms with van der Waals surface area (Å²) in [5.74, 6) is -2.27. The van der Waals surface area contributed by atoms with E-state index >= 15 is 0 Å². The summed E-state index contributed by atoms with van der Waals surface area (Å²) in [4.78, 5) is 37.8. The highest BCUT2D eigenvalue weighted by Crippen LogP contribution is 2.23. The van der Waals surface area contributed by atoms with Gasteiger partial charge in [0.05, 0.1) is 11.6 Å². The second kappa shape index (κ2) is 10.7. The van der Waals surface area contributed by atoms with E-state index in [4.69, 9.17) is 15.2 Å². The summed E-state index contributed by atoms with van der Waals surface area (Å²) < 4.78 is 10.9. The lowest BCUT2D eigenvalue weighted by molar-refractivity contribution is -0.139. The van der Waals surface area contributed by atoms with E-state index in [2.05, 4.69) is 0 Å². The summed E-state index contributed by atoms with van der Waals surface area (Å²) in [5.41, 5.74) is 10.1. The van der Waals surface area contributed by atoms with Crippen LogP contribution in [0, 0.1) is 20.8 Å². The molecule has 2 atom stereocenters. The van der Waals surface area contributed by atoms with Crippen LogP contribution in [-0.4, -0.2) is 30.4 Å². The first-order valence-corrected chi connectivity index (χ1v) is 10.6. The zero-order valence-corrected chi connectivity index (χ0v) is 18.9. The molecule has 0 amide bonds. The van der Waals surface area contributed by atoms with Crippen molar-refractivity contribution >= 4 is 17.7 Å². The molecule has 0 bridgehead atoms. The Morgan fingerprint density at radius 2 is 1.39 bits per heavy atom. The number of Topliss-reactive ketones (excluding diaryl/α,β-unsaturated/α-hetero) is 1. The number of rotatable bonds is 8. The molecule has 170 valence electrons. The van der Waals surface area contributed by atoms with E-state index in [0.717, 1.165) is 5.56 Å². The third kappa shape index (κ3) is 5.93. The van der Waals surface area contributed by atoms with E-state index in [9.17, 15) is 14.4 Å². The molecule has 0 aliphatic rings. The van der Waals surface area contributed by atoms with E-state index in [1.54, 1.807) is 68.4 Å². The molecule has 0 aliphatic carbocycles. The fourth-order valence-electron chi connectivity index (χ4n) is 3.77. The molecule has 2 N–H and O–H groups in total. The maximum atomic E-state index is 12.7. The standard InChI is InChI=1S/C27H27NO5/c1-17-14-18(2)23(19(3)15-17)24(29)27(31)32-16-22(28)25(20-10-6-4-7-11-20)33-26(30)21-12-8-5-9-13-21/h4-15,22,25H,16,28H2,1-3H3. The van der Waals surface area contributed by atoms with Crippen LogP contribution in [0.2, 0.25) is 0 Å². The van der Waals surface area contributed by atoms with Gasteiger partial charge in [0, 0.05) is 5.56 Å². The number of aryl methyl sites for hydroxylation is 3. The van der Waals surface area contributed by atoms with Gasteiger partial charge in [-0.2, -0.15) is 0 Å². The molecule has 0 fully saturated rings. The Morgan fingerprint density at radius 3 is 1.97 bits per heavy atom. The Hall–Kier alpha value is -3.77. The van der Waals surface area contributed by atoms with Gasteiger partial charge in [0.2, 0.25) is 0 Å². The molecule has 3 aromatic rings. The van der Waals surface area contributed by atoms with Gasteiger partial charge in [0.1, 0.15) is 12.7 Å². The highest BCUT2D eigenvalue weighted by atomic mass is 16.6. The minimum atomic E-state index is -0.998. The smallest absolute Gasteiger partial charge is 0.379 e. The second-order valence-electron chi connectivity index (χ2n) is 7.97. The zero-order chi connectivity index (χ0) is 24.0. The topological polar surface area (TPSA) is 95.7 Å². The van der Waals surface area contributed by atoms with Crippen LogP contribution in [0.3, 0.4) is 0 Å². The molecule has 0 spiro atoms. The summed E-state index contributed by atoms with van der Waals surface area (Å²) >= 11 is 0. The number of hydrogen-bond acceptors (Lipinski definition) is 6. The molecule has 3 aromatic carbocycles. The summed E-state index contributed by atoms with van der Waals surface area (Å²) in [6.45, 7) is 5.18. The van der Waals surface area contributed by atoms with Gasteiger partial charge in [0.15, 0.2) is 0 Å². The fourth-order valence-corrected chi connectivity index (χ4v) is 3.77. The Bertz CT molecular complexity index is 1120. The lowest BCUT2D eigenvalue weighted by Gasteiger charge is -2.24. The van der Waals surface area contributed by atoms with Crippen molar-refractivity contribution < 1.29 is 23.9 Å². The van der Waals surface area contributed by atoms with Crippen molar-refractivity contribution in [1.29, 1.82) is 0 Å². The average Bonchev–Trinajstić information content (AvgIpc) is 2.81. The van der Waals surface area contributed by atoms with Crippen LogP contribution in [0.15, 0.2) is 72.8 Å². The van der Waals surface area contributed by atoms with Gasteiger partial charge in [-0.05, 0) is 49.6 Å². The van der Waals surface area contributed by atoms with Crippen molar-refractivity contribution in [3.05, 3.63) is 106 Å². The average molecular weight is 446 g/mol. The monoisotopic (exact) mass is 445 g/mol. The van der Waals surface area contributed by atoms with Crippen LogP contribution in [0.25, 0.3) is 0 Å². The highest BCUT2D eigenvalue weighted by Gasteiger charge is 2.28. The van der Waals surface area contributed by atoms with E-state index in [1.165, 1.54) is 0 Å². The van der Waals surface area contributed by atoms with Gasteiger partial charge in [-0.3, -0.25) is 4.79 Å². The second-order valence-corrected chi connectivity index (χ2v) is 7.97. The van der Waals surface area contributed by atoms with Gasteiger partial charge in [-0.25, -0.2) is 9.59 Å². The lowest BCUT2D eigenvalue weighted by atomic mass is 9.96. The first-order chi connectivity index (χ1) is 15.8. The molecular weight excluding hydrogens is 418 g/mol. The van der Waals surface area contributed by atoms with Gasteiger partial charge >= 0.3 is 11.9 Å². The molecule has 2 unspecified atom stereocenters. The molecule has 33 heavy (non-hydrogen) atoms. The number of ether oxygens (including phenoxy) is 2. The third-order valence-corrected chi connectivity index (χ3v) is 5.26. The summed E-state index contributed by atoms with van der Waals surface area (Å²) in [6.07, 6.45) is -0.871. The molecule has 6 nitrogen and oxygen atoms in total. The van der Waals surface area contributed by atoms with Crippen molar-refractivity contribution in [2.24, 2.45) is 5.73 Å². The van der Waals surface area contributed by atoms with Crippen LogP contribution in [-0.2, 0) is 14.3 Å². The van der Waals surface area contributed by atoms with Gasteiger partial charge in [-0.1, -0.05) is 66.2 Å². The van der Waals surface area contributed by atoms with Crippen molar-refractivity contribution in [2.75, 3.05) is 6.61 Å². The van der Waals surface area contributed by atoms with E-state index in [0.29, 0.717) is 27.8 Å². The molecule has 3 rings (SSSR count). The molecule has 0 saturated heterocycles. The van der Waals surface area contributed by atoms with Gasteiger partial charge in [0.25, 0.3) is 5.78 Å². The minimum absolute atomic E-state index is 0.295. The number of esters is 2. The summed E-state index contributed by atoms with van der Waals surface area (Å²) in [6, 6.07) is 20.3. The zero-order valence-electron chi connectivity index (χ0n) is 18.9. The molecule has 0 aromatic heterocycles. The molecule has 0 radical (unpaired) electrons.